The number of hydrogen-bond donors (Lipinski definition) is 0. The molecule has 0 amide bonds. The molecule has 0 atom stereocenters. The van der Waals surface area contributed by atoms with Crippen molar-refractivity contribution >= 4 is 22.6 Å². The van der Waals surface area contributed by atoms with Gasteiger partial charge in [-0.3, -0.25) is 0 Å². The molecule has 70 valence electrons. The van der Waals surface area contributed by atoms with Gasteiger partial charge < -0.3 is 4.74 Å². The molecular formula is C9H6ClN3O. The topological polar surface area (TPSA) is 47.9 Å². The van der Waals surface area contributed by atoms with E-state index in [1.54, 1.807) is 0 Å². The minimum Gasteiger partial charge on any atom is -0.493 e. The van der Waals surface area contributed by atoms with Gasteiger partial charge in [0, 0.05) is 12.5 Å². The predicted molar refractivity (Wildman–Crippen MR) is 51.5 cm³/mol. The molecule has 1 aliphatic rings. The lowest BCUT2D eigenvalue weighted by atomic mass is 10.1. The standard InChI is InChI=1S/C9H6ClN3O/c10-9-11-6-4-8-5(1-2-14-8)3-7(6)12-13-9/h3-4H,1-2H2. The van der Waals surface area contributed by atoms with Crippen LogP contribution in [0.4, 0.5) is 0 Å². The Hall–Kier alpha value is -1.42. The van der Waals surface area contributed by atoms with Gasteiger partial charge in [-0.05, 0) is 23.2 Å². The van der Waals surface area contributed by atoms with Crippen molar-refractivity contribution in [1.29, 1.82) is 0 Å². The maximum atomic E-state index is 5.64. The first-order chi connectivity index (χ1) is 6.83. The van der Waals surface area contributed by atoms with Crippen LogP contribution in [0.2, 0.25) is 5.28 Å². The number of benzene rings is 1. The van der Waals surface area contributed by atoms with Gasteiger partial charge in [-0.2, -0.15) is 0 Å². The van der Waals surface area contributed by atoms with Crippen LogP contribution < -0.4 is 4.74 Å². The molecule has 2 aromatic rings. The predicted octanol–water partition coefficient (Wildman–Crippen LogP) is 1.61. The smallest absolute Gasteiger partial charge is 0.243 e. The van der Waals surface area contributed by atoms with Crippen LogP contribution in [-0.4, -0.2) is 21.8 Å². The van der Waals surface area contributed by atoms with E-state index in [-0.39, 0.29) is 5.28 Å². The first-order valence-corrected chi connectivity index (χ1v) is 4.66. The van der Waals surface area contributed by atoms with Crippen LogP contribution in [0.15, 0.2) is 12.1 Å². The number of ether oxygens (including phenoxy) is 1. The first kappa shape index (κ1) is 7.94. The van der Waals surface area contributed by atoms with E-state index in [9.17, 15) is 0 Å². The SMILES string of the molecule is Clc1nnc2cc3c(cc2n1)OCC3. The van der Waals surface area contributed by atoms with E-state index < -0.39 is 0 Å². The first-order valence-electron chi connectivity index (χ1n) is 4.28. The molecule has 3 rings (SSSR count). The molecule has 2 heterocycles. The van der Waals surface area contributed by atoms with Crippen LogP contribution in [0.5, 0.6) is 5.75 Å². The molecule has 5 heteroatoms. The van der Waals surface area contributed by atoms with Gasteiger partial charge in [-0.15, -0.1) is 10.2 Å². The van der Waals surface area contributed by atoms with Crippen molar-refractivity contribution in [2.24, 2.45) is 0 Å². The van der Waals surface area contributed by atoms with Crippen molar-refractivity contribution in [3.63, 3.8) is 0 Å². The molecule has 1 aliphatic heterocycles. The van der Waals surface area contributed by atoms with Gasteiger partial charge in [0.25, 0.3) is 0 Å². The Labute approximate surface area is 84.9 Å². The molecule has 0 radical (unpaired) electrons. The lowest BCUT2D eigenvalue weighted by molar-refractivity contribution is 0.357. The second kappa shape index (κ2) is 2.78. The van der Waals surface area contributed by atoms with Crippen molar-refractivity contribution < 1.29 is 4.74 Å². The Morgan fingerprint density at radius 3 is 3.07 bits per heavy atom. The molecule has 1 aromatic heterocycles. The quantitative estimate of drug-likeness (QED) is 0.659. The summed E-state index contributed by atoms with van der Waals surface area (Å²) in [5, 5.41) is 7.82. The average molecular weight is 208 g/mol. The number of fused-ring (bicyclic) bond motifs is 2. The lowest BCUT2D eigenvalue weighted by Crippen LogP contribution is -1.90. The zero-order valence-corrected chi connectivity index (χ0v) is 7.95. The second-order valence-electron chi connectivity index (χ2n) is 3.13. The molecule has 4 nitrogen and oxygen atoms in total. The summed E-state index contributed by atoms with van der Waals surface area (Å²) < 4.78 is 5.42. The van der Waals surface area contributed by atoms with Gasteiger partial charge in [-0.25, -0.2) is 4.98 Å². The number of hydrogen-bond acceptors (Lipinski definition) is 4. The number of halogens is 1. The highest BCUT2D eigenvalue weighted by molar-refractivity contribution is 6.28. The Morgan fingerprint density at radius 1 is 1.21 bits per heavy atom. The fraction of sp³-hybridized carbons (Fsp3) is 0.222. The minimum atomic E-state index is 0.162. The maximum Gasteiger partial charge on any atom is 0.243 e. The van der Waals surface area contributed by atoms with Crippen LogP contribution in [0, 0.1) is 0 Å². The average Bonchev–Trinajstić information content (AvgIpc) is 2.61. The van der Waals surface area contributed by atoms with Gasteiger partial charge in [0.05, 0.1) is 12.1 Å². The van der Waals surface area contributed by atoms with E-state index >= 15 is 0 Å². The van der Waals surface area contributed by atoms with Crippen molar-refractivity contribution in [2.45, 2.75) is 6.42 Å². The van der Waals surface area contributed by atoms with E-state index in [0.717, 1.165) is 35.4 Å². The van der Waals surface area contributed by atoms with Crippen LogP contribution in [0.25, 0.3) is 11.0 Å². The van der Waals surface area contributed by atoms with Crippen molar-refractivity contribution in [3.8, 4) is 5.75 Å². The van der Waals surface area contributed by atoms with Crippen molar-refractivity contribution in [3.05, 3.63) is 23.0 Å². The molecule has 1 aromatic carbocycles. The summed E-state index contributed by atoms with van der Waals surface area (Å²) in [5.41, 5.74) is 2.65. The normalized spacial score (nSPS) is 14.1. The summed E-state index contributed by atoms with van der Waals surface area (Å²) in [5.74, 6) is 0.883. The highest BCUT2D eigenvalue weighted by Crippen LogP contribution is 2.28. The van der Waals surface area contributed by atoms with Crippen LogP contribution in [0.3, 0.4) is 0 Å². The van der Waals surface area contributed by atoms with Crippen LogP contribution in [-0.2, 0) is 6.42 Å². The highest BCUT2D eigenvalue weighted by atomic mass is 35.5. The van der Waals surface area contributed by atoms with E-state index in [2.05, 4.69) is 15.2 Å². The Kier molecular flexibility index (Phi) is 1.58. The van der Waals surface area contributed by atoms with Crippen LogP contribution >= 0.6 is 11.6 Å². The monoisotopic (exact) mass is 207 g/mol. The Balaban J connectivity index is 2.33. The fourth-order valence-electron chi connectivity index (χ4n) is 1.59. The zero-order valence-electron chi connectivity index (χ0n) is 7.20. The van der Waals surface area contributed by atoms with Gasteiger partial charge in [0.1, 0.15) is 11.3 Å². The van der Waals surface area contributed by atoms with E-state index in [1.807, 2.05) is 12.1 Å². The van der Waals surface area contributed by atoms with E-state index in [1.165, 1.54) is 0 Å². The molecule has 0 fully saturated rings. The summed E-state index contributed by atoms with van der Waals surface area (Å²) in [6.45, 7) is 0.729. The van der Waals surface area contributed by atoms with Gasteiger partial charge >= 0.3 is 0 Å². The molecule has 0 saturated heterocycles. The Morgan fingerprint density at radius 2 is 2.14 bits per heavy atom. The number of nitrogens with zero attached hydrogens (tertiary/aromatic N) is 3. The summed E-state index contributed by atoms with van der Waals surface area (Å²) in [7, 11) is 0. The minimum absolute atomic E-state index is 0.162. The van der Waals surface area contributed by atoms with Gasteiger partial charge in [0.2, 0.25) is 5.28 Å². The molecule has 0 unspecified atom stereocenters. The molecule has 0 N–H and O–H groups in total. The molecule has 0 saturated carbocycles. The largest absolute Gasteiger partial charge is 0.493 e. The lowest BCUT2D eigenvalue weighted by Gasteiger charge is -2.00. The molecular weight excluding hydrogens is 202 g/mol. The zero-order chi connectivity index (χ0) is 9.54. The summed E-state index contributed by atoms with van der Waals surface area (Å²) in [4.78, 5) is 4.06. The highest BCUT2D eigenvalue weighted by Gasteiger charge is 2.14. The van der Waals surface area contributed by atoms with E-state index in [0.29, 0.717) is 0 Å². The third-order valence-electron chi connectivity index (χ3n) is 2.24. The molecule has 0 spiro atoms. The number of rotatable bonds is 0. The van der Waals surface area contributed by atoms with Gasteiger partial charge in [-0.1, -0.05) is 0 Å². The molecule has 0 aliphatic carbocycles. The molecule has 14 heavy (non-hydrogen) atoms. The summed E-state index contributed by atoms with van der Waals surface area (Å²) in [6.07, 6.45) is 0.926. The number of aromatic nitrogens is 3. The molecule has 0 bridgehead atoms. The third-order valence-corrected chi connectivity index (χ3v) is 2.40. The second-order valence-corrected chi connectivity index (χ2v) is 3.47. The van der Waals surface area contributed by atoms with Gasteiger partial charge in [0.15, 0.2) is 0 Å². The maximum absolute atomic E-state index is 5.64. The third kappa shape index (κ3) is 1.11. The fourth-order valence-corrected chi connectivity index (χ4v) is 1.72. The Bertz CT molecular complexity index is 515. The van der Waals surface area contributed by atoms with Crippen LogP contribution in [0.1, 0.15) is 5.56 Å². The van der Waals surface area contributed by atoms with Crippen molar-refractivity contribution in [2.75, 3.05) is 6.61 Å². The summed E-state index contributed by atoms with van der Waals surface area (Å²) >= 11 is 5.64. The summed E-state index contributed by atoms with van der Waals surface area (Å²) in [6, 6.07) is 3.81. The van der Waals surface area contributed by atoms with Crippen molar-refractivity contribution in [1.82, 2.24) is 15.2 Å². The van der Waals surface area contributed by atoms with E-state index in [4.69, 9.17) is 16.3 Å².